The number of carbonyl (C=O) groups excluding carboxylic acids is 1. The Hall–Kier alpha value is -2.40. The molecule has 5 nitrogen and oxygen atoms in total. The third-order valence-corrected chi connectivity index (χ3v) is 3.83. The van der Waals surface area contributed by atoms with Crippen molar-refractivity contribution in [1.82, 2.24) is 5.32 Å². The van der Waals surface area contributed by atoms with Crippen LogP contribution in [0.4, 0.5) is 0 Å². The summed E-state index contributed by atoms with van der Waals surface area (Å²) < 4.78 is 16.9. The van der Waals surface area contributed by atoms with Gasteiger partial charge in [-0.1, -0.05) is 35.9 Å². The summed E-state index contributed by atoms with van der Waals surface area (Å²) in [4.78, 5) is 11.9. The highest BCUT2D eigenvalue weighted by molar-refractivity contribution is 6.32. The number of carbonyl (C=O) groups is 1. The Morgan fingerprint density at radius 1 is 1.17 bits per heavy atom. The normalized spacial score (nSPS) is 15.6. The van der Waals surface area contributed by atoms with E-state index in [0.717, 1.165) is 5.75 Å². The van der Waals surface area contributed by atoms with Gasteiger partial charge in [0.05, 0.1) is 24.6 Å². The summed E-state index contributed by atoms with van der Waals surface area (Å²) in [6.07, 6.45) is 0.0448. The minimum atomic E-state index is -0.201. The van der Waals surface area contributed by atoms with E-state index in [-0.39, 0.29) is 25.0 Å². The zero-order valence-corrected chi connectivity index (χ0v) is 13.8. The molecule has 24 heavy (non-hydrogen) atoms. The van der Waals surface area contributed by atoms with Crippen molar-refractivity contribution >= 4 is 17.5 Å². The fourth-order valence-corrected chi connectivity index (χ4v) is 2.49. The zero-order chi connectivity index (χ0) is 16.8. The number of nitrogens with one attached hydrogen (secondary N) is 1. The number of amides is 1. The van der Waals surface area contributed by atoms with E-state index < -0.39 is 0 Å². The number of rotatable bonds is 6. The average Bonchev–Trinajstić information content (AvgIpc) is 2.61. The van der Waals surface area contributed by atoms with E-state index in [1.807, 2.05) is 36.4 Å². The summed E-state index contributed by atoms with van der Waals surface area (Å²) in [6, 6.07) is 14.7. The predicted octanol–water partition coefficient (Wildman–Crippen LogP) is 3.07. The van der Waals surface area contributed by atoms with Gasteiger partial charge in [0.2, 0.25) is 5.91 Å². The fraction of sp³-hybridized carbons (Fsp3) is 0.278. The molecule has 1 atom stereocenters. The quantitative estimate of drug-likeness (QED) is 0.872. The van der Waals surface area contributed by atoms with Crippen LogP contribution in [0.3, 0.4) is 0 Å². The molecule has 0 bridgehead atoms. The van der Waals surface area contributed by atoms with E-state index in [9.17, 15) is 4.79 Å². The zero-order valence-electron chi connectivity index (χ0n) is 13.0. The van der Waals surface area contributed by atoms with Crippen molar-refractivity contribution in [2.45, 2.75) is 12.5 Å². The summed E-state index contributed by atoms with van der Waals surface area (Å²) in [5, 5.41) is 3.36. The first-order chi connectivity index (χ1) is 11.7. The SMILES string of the molecule is O=C(CCOc1ccccc1Cl)NCC1COc2ccccc2O1. The number of hydrogen-bond acceptors (Lipinski definition) is 4. The fourth-order valence-electron chi connectivity index (χ4n) is 2.30. The maximum Gasteiger partial charge on any atom is 0.223 e. The van der Waals surface area contributed by atoms with Crippen molar-refractivity contribution in [1.29, 1.82) is 0 Å². The van der Waals surface area contributed by atoms with Gasteiger partial charge in [-0.05, 0) is 24.3 Å². The molecule has 0 aromatic heterocycles. The van der Waals surface area contributed by atoms with Crippen molar-refractivity contribution in [2.75, 3.05) is 19.8 Å². The molecule has 1 amide bonds. The number of halogens is 1. The van der Waals surface area contributed by atoms with Crippen molar-refractivity contribution in [3.8, 4) is 17.2 Å². The molecule has 126 valence electrons. The molecule has 0 saturated carbocycles. The lowest BCUT2D eigenvalue weighted by molar-refractivity contribution is -0.122. The molecule has 2 aromatic rings. The van der Waals surface area contributed by atoms with Crippen LogP contribution in [0.25, 0.3) is 0 Å². The van der Waals surface area contributed by atoms with Gasteiger partial charge in [-0.15, -0.1) is 0 Å². The second kappa shape index (κ2) is 7.93. The van der Waals surface area contributed by atoms with Gasteiger partial charge in [0.1, 0.15) is 18.5 Å². The van der Waals surface area contributed by atoms with Gasteiger partial charge in [-0.3, -0.25) is 4.79 Å². The van der Waals surface area contributed by atoms with Gasteiger partial charge in [0, 0.05) is 0 Å². The predicted molar refractivity (Wildman–Crippen MR) is 90.9 cm³/mol. The molecule has 0 aliphatic carbocycles. The maximum absolute atomic E-state index is 11.9. The standard InChI is InChI=1S/C18H18ClNO4/c19-14-5-1-2-6-15(14)22-10-9-18(21)20-11-13-12-23-16-7-3-4-8-17(16)24-13/h1-8,13H,9-12H2,(H,20,21). The molecule has 2 aromatic carbocycles. The van der Waals surface area contributed by atoms with Crippen molar-refractivity contribution in [3.63, 3.8) is 0 Å². The van der Waals surface area contributed by atoms with Crippen LogP contribution >= 0.6 is 11.6 Å². The molecule has 0 saturated heterocycles. The molecule has 1 N–H and O–H groups in total. The second-order valence-electron chi connectivity index (χ2n) is 5.33. The monoisotopic (exact) mass is 347 g/mol. The number of hydrogen-bond donors (Lipinski definition) is 1. The highest BCUT2D eigenvalue weighted by Gasteiger charge is 2.20. The maximum atomic E-state index is 11.9. The lowest BCUT2D eigenvalue weighted by Crippen LogP contribution is -2.41. The van der Waals surface area contributed by atoms with Crippen molar-refractivity contribution in [2.24, 2.45) is 0 Å². The van der Waals surface area contributed by atoms with Gasteiger partial charge in [0.15, 0.2) is 11.5 Å². The molecule has 1 unspecified atom stereocenters. The third-order valence-electron chi connectivity index (χ3n) is 3.52. The molecule has 1 heterocycles. The number of ether oxygens (including phenoxy) is 3. The van der Waals surface area contributed by atoms with Crippen LogP contribution < -0.4 is 19.5 Å². The average molecular weight is 348 g/mol. The Kier molecular flexibility index (Phi) is 5.43. The van der Waals surface area contributed by atoms with Crippen molar-refractivity contribution < 1.29 is 19.0 Å². The van der Waals surface area contributed by atoms with Crippen LogP contribution in [-0.4, -0.2) is 31.8 Å². The van der Waals surface area contributed by atoms with Crippen LogP contribution in [0.5, 0.6) is 17.2 Å². The Morgan fingerprint density at radius 2 is 1.92 bits per heavy atom. The summed E-state index contributed by atoms with van der Waals surface area (Å²) in [5.74, 6) is 1.90. The number of fused-ring (bicyclic) bond motifs is 1. The number of para-hydroxylation sites is 3. The van der Waals surface area contributed by atoms with Gasteiger partial charge < -0.3 is 19.5 Å². The van der Waals surface area contributed by atoms with Gasteiger partial charge in [-0.25, -0.2) is 0 Å². The second-order valence-corrected chi connectivity index (χ2v) is 5.74. The molecule has 0 fully saturated rings. The van der Waals surface area contributed by atoms with Gasteiger partial charge >= 0.3 is 0 Å². The molecule has 0 radical (unpaired) electrons. The topological polar surface area (TPSA) is 56.8 Å². The van der Waals surface area contributed by atoms with E-state index >= 15 is 0 Å². The van der Waals surface area contributed by atoms with E-state index in [1.165, 1.54) is 0 Å². The van der Waals surface area contributed by atoms with Crippen LogP contribution in [0.15, 0.2) is 48.5 Å². The third kappa shape index (κ3) is 4.32. The van der Waals surface area contributed by atoms with E-state index in [2.05, 4.69) is 5.32 Å². The minimum Gasteiger partial charge on any atom is -0.491 e. The van der Waals surface area contributed by atoms with Gasteiger partial charge in [0.25, 0.3) is 0 Å². The summed E-state index contributed by atoms with van der Waals surface area (Å²) in [7, 11) is 0. The molecule has 1 aliphatic heterocycles. The highest BCUT2D eigenvalue weighted by atomic mass is 35.5. The van der Waals surface area contributed by atoms with Crippen molar-refractivity contribution in [3.05, 3.63) is 53.6 Å². The first-order valence-electron chi connectivity index (χ1n) is 7.75. The van der Waals surface area contributed by atoms with E-state index in [0.29, 0.717) is 29.7 Å². The smallest absolute Gasteiger partial charge is 0.223 e. The van der Waals surface area contributed by atoms with E-state index in [4.69, 9.17) is 25.8 Å². The molecule has 1 aliphatic rings. The Labute approximate surface area is 145 Å². The first kappa shape index (κ1) is 16.5. The lowest BCUT2D eigenvalue weighted by atomic mass is 10.2. The Bertz CT molecular complexity index is 707. The first-order valence-corrected chi connectivity index (χ1v) is 8.12. The molecular weight excluding hydrogens is 330 g/mol. The lowest BCUT2D eigenvalue weighted by Gasteiger charge is -2.26. The van der Waals surface area contributed by atoms with Crippen LogP contribution in [0.2, 0.25) is 5.02 Å². The molecule has 0 spiro atoms. The minimum absolute atomic E-state index is 0.107. The van der Waals surface area contributed by atoms with Crippen LogP contribution in [-0.2, 0) is 4.79 Å². The Balaban J connectivity index is 1.38. The largest absolute Gasteiger partial charge is 0.491 e. The molecular formula is C18H18ClNO4. The van der Waals surface area contributed by atoms with E-state index in [1.54, 1.807) is 12.1 Å². The highest BCUT2D eigenvalue weighted by Crippen LogP contribution is 2.30. The summed E-state index contributed by atoms with van der Waals surface area (Å²) in [6.45, 7) is 1.06. The summed E-state index contributed by atoms with van der Waals surface area (Å²) >= 11 is 5.99. The summed E-state index contributed by atoms with van der Waals surface area (Å²) in [5.41, 5.74) is 0. The molecule has 6 heteroatoms. The van der Waals surface area contributed by atoms with Crippen LogP contribution in [0, 0.1) is 0 Å². The Morgan fingerprint density at radius 3 is 2.75 bits per heavy atom. The van der Waals surface area contributed by atoms with Gasteiger partial charge in [-0.2, -0.15) is 0 Å². The number of benzene rings is 2. The van der Waals surface area contributed by atoms with Crippen LogP contribution in [0.1, 0.15) is 6.42 Å². The molecule has 3 rings (SSSR count).